The van der Waals surface area contributed by atoms with Gasteiger partial charge in [-0.15, -0.1) is 10.2 Å². The lowest BCUT2D eigenvalue weighted by molar-refractivity contribution is -0.127. The van der Waals surface area contributed by atoms with Crippen molar-refractivity contribution >= 4 is 34.0 Å². The highest BCUT2D eigenvalue weighted by atomic mass is 32.1. The van der Waals surface area contributed by atoms with Crippen molar-refractivity contribution in [3.8, 4) is 10.6 Å². The van der Waals surface area contributed by atoms with E-state index < -0.39 is 6.04 Å². The molecular formula is C21H31N5O2S. The molecule has 158 valence electrons. The molecule has 2 rings (SSSR count). The number of nitrogens with zero attached hydrogens (tertiary/aromatic N) is 3. The van der Waals surface area contributed by atoms with Gasteiger partial charge < -0.3 is 10.2 Å². The van der Waals surface area contributed by atoms with Gasteiger partial charge >= 0.3 is 0 Å². The third-order valence-corrected chi connectivity index (χ3v) is 5.74. The average molecular weight is 418 g/mol. The van der Waals surface area contributed by atoms with Crippen LogP contribution in [0.5, 0.6) is 0 Å². The summed E-state index contributed by atoms with van der Waals surface area (Å²) in [5, 5.41) is 15.2. The van der Waals surface area contributed by atoms with Crippen LogP contribution in [0.15, 0.2) is 24.3 Å². The van der Waals surface area contributed by atoms with Gasteiger partial charge in [0.1, 0.15) is 11.0 Å². The second-order valence-electron chi connectivity index (χ2n) is 7.38. The quantitative estimate of drug-likeness (QED) is 0.612. The lowest BCUT2D eigenvalue weighted by Crippen LogP contribution is -2.47. The number of carbonyl (C=O) groups excluding carboxylic acids is 2. The molecule has 0 unspecified atom stereocenters. The summed E-state index contributed by atoms with van der Waals surface area (Å²) >= 11 is 1.32. The smallest absolute Gasteiger partial charge is 0.249 e. The van der Waals surface area contributed by atoms with Gasteiger partial charge in [0.25, 0.3) is 0 Å². The number of unbranched alkanes of at least 4 members (excludes halogenated alkanes) is 1. The zero-order valence-electron chi connectivity index (χ0n) is 17.9. The Morgan fingerprint density at radius 1 is 1.14 bits per heavy atom. The summed E-state index contributed by atoms with van der Waals surface area (Å²) in [6.07, 6.45) is 2.97. The number of hydrogen-bond acceptors (Lipinski definition) is 6. The van der Waals surface area contributed by atoms with Crippen LogP contribution >= 0.6 is 11.3 Å². The minimum absolute atomic E-state index is 0.0200. The molecular weight excluding hydrogens is 386 g/mol. The number of anilines is 2. The van der Waals surface area contributed by atoms with Crippen LogP contribution in [0, 0.1) is 5.92 Å². The van der Waals surface area contributed by atoms with Gasteiger partial charge in [0.2, 0.25) is 16.9 Å². The Bertz CT molecular complexity index is 804. The Hall–Kier alpha value is -2.48. The number of amides is 2. The van der Waals surface area contributed by atoms with Crippen LogP contribution < -0.4 is 15.5 Å². The first-order chi connectivity index (χ1) is 13.8. The molecule has 0 aliphatic heterocycles. The van der Waals surface area contributed by atoms with Gasteiger partial charge in [-0.3, -0.25) is 14.9 Å². The van der Waals surface area contributed by atoms with Crippen LogP contribution in [0.2, 0.25) is 0 Å². The van der Waals surface area contributed by atoms with Gasteiger partial charge in [-0.25, -0.2) is 0 Å². The molecule has 2 N–H and O–H groups in total. The van der Waals surface area contributed by atoms with Crippen molar-refractivity contribution in [2.45, 2.75) is 52.5 Å². The molecule has 0 saturated heterocycles. The Morgan fingerprint density at radius 3 is 2.41 bits per heavy atom. The molecule has 2 amide bonds. The molecule has 29 heavy (non-hydrogen) atoms. The van der Waals surface area contributed by atoms with E-state index in [2.05, 4.69) is 20.8 Å². The molecule has 8 heteroatoms. The molecule has 1 aromatic heterocycles. The van der Waals surface area contributed by atoms with E-state index in [0.717, 1.165) is 35.5 Å². The number of hydrogen-bond donors (Lipinski definition) is 2. The fourth-order valence-electron chi connectivity index (χ4n) is 2.76. The van der Waals surface area contributed by atoms with Crippen molar-refractivity contribution in [3.63, 3.8) is 0 Å². The number of benzene rings is 1. The van der Waals surface area contributed by atoms with E-state index in [1.807, 2.05) is 64.0 Å². The van der Waals surface area contributed by atoms with Crippen LogP contribution in [-0.2, 0) is 9.59 Å². The number of aromatic nitrogens is 2. The third kappa shape index (κ3) is 6.52. The molecule has 0 bridgehead atoms. The second-order valence-corrected chi connectivity index (χ2v) is 8.35. The molecule has 0 aliphatic rings. The largest absolute Gasteiger partial charge is 0.378 e. The van der Waals surface area contributed by atoms with E-state index in [-0.39, 0.29) is 17.7 Å². The standard InChI is InChI=1S/C21H31N5O2S/c1-6-8-9-17(27)22-18(14(3)7-2)19(28)23-21-25-24-20(29-21)15-10-12-16(13-11-15)26(4)5/h10-14,18H,6-9H2,1-5H3,(H,22,27)(H,23,25,28)/t14-,18+/m1/s1. The van der Waals surface area contributed by atoms with Crippen molar-refractivity contribution in [2.24, 2.45) is 5.92 Å². The Balaban J connectivity index is 2.06. The van der Waals surface area contributed by atoms with Gasteiger partial charge in [0.15, 0.2) is 0 Å². The molecule has 0 aliphatic carbocycles. The van der Waals surface area contributed by atoms with Crippen molar-refractivity contribution < 1.29 is 9.59 Å². The highest BCUT2D eigenvalue weighted by molar-refractivity contribution is 7.18. The highest BCUT2D eigenvalue weighted by Crippen LogP contribution is 2.28. The summed E-state index contributed by atoms with van der Waals surface area (Å²) in [4.78, 5) is 27.0. The van der Waals surface area contributed by atoms with E-state index in [4.69, 9.17) is 0 Å². The highest BCUT2D eigenvalue weighted by Gasteiger charge is 2.26. The Morgan fingerprint density at radius 2 is 1.83 bits per heavy atom. The average Bonchev–Trinajstić information content (AvgIpc) is 3.18. The summed E-state index contributed by atoms with van der Waals surface area (Å²) in [6, 6.07) is 7.41. The van der Waals surface area contributed by atoms with Crippen LogP contribution in [0.4, 0.5) is 10.8 Å². The van der Waals surface area contributed by atoms with E-state index in [1.165, 1.54) is 11.3 Å². The maximum absolute atomic E-state index is 12.8. The SMILES string of the molecule is CCCCC(=O)N[C@H](C(=O)Nc1nnc(-c2ccc(N(C)C)cc2)s1)[C@H](C)CC. The first-order valence-corrected chi connectivity index (χ1v) is 10.9. The van der Waals surface area contributed by atoms with E-state index >= 15 is 0 Å². The topological polar surface area (TPSA) is 87.2 Å². The third-order valence-electron chi connectivity index (χ3n) is 4.86. The lowest BCUT2D eigenvalue weighted by atomic mass is 9.98. The minimum atomic E-state index is -0.587. The van der Waals surface area contributed by atoms with Crippen LogP contribution in [0.1, 0.15) is 46.5 Å². The minimum Gasteiger partial charge on any atom is -0.378 e. The van der Waals surface area contributed by atoms with Gasteiger partial charge in [-0.05, 0) is 36.6 Å². The monoisotopic (exact) mass is 417 g/mol. The first kappa shape index (κ1) is 22.8. The molecule has 2 aromatic rings. The summed E-state index contributed by atoms with van der Waals surface area (Å²) in [5.74, 6) is -0.326. The normalized spacial score (nSPS) is 12.9. The van der Waals surface area contributed by atoms with Gasteiger partial charge in [0, 0.05) is 31.8 Å². The van der Waals surface area contributed by atoms with Crippen molar-refractivity contribution in [1.29, 1.82) is 0 Å². The zero-order chi connectivity index (χ0) is 21.4. The number of nitrogens with one attached hydrogen (secondary N) is 2. The van der Waals surface area contributed by atoms with Crippen molar-refractivity contribution in [3.05, 3.63) is 24.3 Å². The summed E-state index contributed by atoms with van der Waals surface area (Å²) in [7, 11) is 3.98. The maximum atomic E-state index is 12.8. The molecule has 1 aromatic carbocycles. The van der Waals surface area contributed by atoms with Gasteiger partial charge in [0.05, 0.1) is 0 Å². The van der Waals surface area contributed by atoms with Crippen LogP contribution in [-0.4, -0.2) is 42.1 Å². The maximum Gasteiger partial charge on any atom is 0.249 e. The fraction of sp³-hybridized carbons (Fsp3) is 0.524. The fourth-order valence-corrected chi connectivity index (χ4v) is 3.51. The second kappa shape index (κ2) is 10.9. The molecule has 7 nitrogen and oxygen atoms in total. The molecule has 1 heterocycles. The van der Waals surface area contributed by atoms with Gasteiger partial charge in [-0.1, -0.05) is 44.9 Å². The molecule has 0 spiro atoms. The van der Waals surface area contributed by atoms with Crippen molar-refractivity contribution in [1.82, 2.24) is 15.5 Å². The van der Waals surface area contributed by atoms with E-state index in [0.29, 0.717) is 11.6 Å². The molecule has 0 saturated carbocycles. The van der Waals surface area contributed by atoms with Crippen LogP contribution in [0.3, 0.4) is 0 Å². The Labute approximate surface area is 176 Å². The molecule has 0 fully saturated rings. The number of rotatable bonds is 10. The van der Waals surface area contributed by atoms with E-state index in [1.54, 1.807) is 0 Å². The summed E-state index contributed by atoms with van der Waals surface area (Å²) < 4.78 is 0. The number of carbonyl (C=O) groups is 2. The van der Waals surface area contributed by atoms with Crippen LogP contribution in [0.25, 0.3) is 10.6 Å². The summed E-state index contributed by atoms with van der Waals surface area (Å²) in [6.45, 7) is 6.00. The van der Waals surface area contributed by atoms with E-state index in [9.17, 15) is 9.59 Å². The first-order valence-electron chi connectivity index (χ1n) is 10.1. The Kier molecular flexibility index (Phi) is 8.57. The predicted molar refractivity (Wildman–Crippen MR) is 119 cm³/mol. The predicted octanol–water partition coefficient (Wildman–Crippen LogP) is 3.93. The van der Waals surface area contributed by atoms with Crippen molar-refractivity contribution in [2.75, 3.05) is 24.3 Å². The summed E-state index contributed by atoms with van der Waals surface area (Å²) in [5.41, 5.74) is 2.04. The lowest BCUT2D eigenvalue weighted by Gasteiger charge is -2.22. The molecule has 0 radical (unpaired) electrons. The van der Waals surface area contributed by atoms with Gasteiger partial charge in [-0.2, -0.15) is 0 Å². The zero-order valence-corrected chi connectivity index (χ0v) is 18.7. The molecule has 2 atom stereocenters.